The highest BCUT2D eigenvalue weighted by Crippen LogP contribution is 2.40. The number of hydrogen-bond donors (Lipinski definition) is 2. The van der Waals surface area contributed by atoms with Crippen molar-refractivity contribution in [1.29, 1.82) is 0 Å². The van der Waals surface area contributed by atoms with Crippen molar-refractivity contribution in [3.63, 3.8) is 0 Å². The molecule has 3 nitrogen and oxygen atoms in total. The third-order valence-corrected chi connectivity index (χ3v) is 3.33. The molecule has 1 amide bonds. The van der Waals surface area contributed by atoms with Gasteiger partial charge in [0, 0.05) is 16.3 Å². The fraction of sp³-hybridized carbons (Fsp3) is 0.0714. The number of aromatic hydroxyl groups is 1. The molecule has 0 saturated carbocycles. The van der Waals surface area contributed by atoms with Crippen molar-refractivity contribution in [3.05, 3.63) is 58.6 Å². The highest BCUT2D eigenvalue weighted by Gasteiger charge is 2.33. The van der Waals surface area contributed by atoms with Crippen LogP contribution in [0.15, 0.2) is 42.5 Å². The van der Waals surface area contributed by atoms with Crippen molar-refractivity contribution in [2.75, 3.05) is 5.32 Å². The molecule has 0 fully saturated rings. The average molecular weight is 260 g/mol. The van der Waals surface area contributed by atoms with Crippen LogP contribution in [0.5, 0.6) is 5.75 Å². The lowest BCUT2D eigenvalue weighted by molar-refractivity contribution is -0.116. The highest BCUT2D eigenvalue weighted by molar-refractivity contribution is 6.30. The molecule has 1 aliphatic heterocycles. The number of fused-ring (bicyclic) bond motifs is 1. The predicted molar refractivity (Wildman–Crippen MR) is 70.0 cm³/mol. The number of nitrogens with one attached hydrogen (secondary N) is 1. The molecule has 0 radical (unpaired) electrons. The molecule has 18 heavy (non-hydrogen) atoms. The fourth-order valence-electron chi connectivity index (χ4n) is 2.27. The second-order valence-corrected chi connectivity index (χ2v) is 4.65. The minimum absolute atomic E-state index is 0.0799. The second-order valence-electron chi connectivity index (χ2n) is 4.21. The number of benzene rings is 2. The molecule has 90 valence electrons. The molecule has 0 aliphatic carbocycles. The minimum Gasteiger partial charge on any atom is -0.508 e. The molecular weight excluding hydrogens is 250 g/mol. The number of carbonyl (C=O) groups is 1. The summed E-state index contributed by atoms with van der Waals surface area (Å²) in [5, 5.41) is 13.2. The third-order valence-electron chi connectivity index (χ3n) is 3.09. The molecule has 1 unspecified atom stereocenters. The Bertz CT molecular complexity index is 639. The predicted octanol–water partition coefficient (Wildman–Crippen LogP) is 3.13. The Labute approximate surface area is 109 Å². The number of amides is 1. The van der Waals surface area contributed by atoms with E-state index in [0.29, 0.717) is 10.6 Å². The van der Waals surface area contributed by atoms with E-state index in [0.717, 1.165) is 11.3 Å². The minimum atomic E-state index is -0.500. The molecule has 2 N–H and O–H groups in total. The van der Waals surface area contributed by atoms with Gasteiger partial charge in [-0.2, -0.15) is 0 Å². The van der Waals surface area contributed by atoms with Crippen LogP contribution < -0.4 is 5.32 Å². The summed E-state index contributed by atoms with van der Waals surface area (Å²) in [5.74, 6) is -0.565. The maximum absolute atomic E-state index is 12.0. The first kappa shape index (κ1) is 11.1. The van der Waals surface area contributed by atoms with E-state index in [1.807, 2.05) is 24.3 Å². The van der Waals surface area contributed by atoms with Crippen LogP contribution in [0, 0.1) is 0 Å². The molecule has 4 heteroatoms. The molecule has 0 saturated heterocycles. The Kier molecular flexibility index (Phi) is 2.49. The molecular formula is C14H10ClNO2. The van der Waals surface area contributed by atoms with Crippen LogP contribution in [0.25, 0.3) is 0 Å². The van der Waals surface area contributed by atoms with Crippen LogP contribution in [-0.4, -0.2) is 11.0 Å². The first-order chi connectivity index (χ1) is 8.66. The van der Waals surface area contributed by atoms with Gasteiger partial charge in [0.25, 0.3) is 0 Å². The lowest BCUT2D eigenvalue weighted by Gasteiger charge is -2.11. The first-order valence-corrected chi connectivity index (χ1v) is 5.93. The first-order valence-electron chi connectivity index (χ1n) is 5.55. The Balaban J connectivity index is 2.17. The zero-order valence-electron chi connectivity index (χ0n) is 9.35. The SMILES string of the molecule is O=C1Nc2ccccc2C1c1cc(Cl)ccc1O. The van der Waals surface area contributed by atoms with E-state index < -0.39 is 5.92 Å². The van der Waals surface area contributed by atoms with E-state index >= 15 is 0 Å². The maximum Gasteiger partial charge on any atom is 0.236 e. The Morgan fingerprint density at radius 1 is 1.11 bits per heavy atom. The summed E-state index contributed by atoms with van der Waals surface area (Å²) < 4.78 is 0. The smallest absolute Gasteiger partial charge is 0.236 e. The molecule has 2 aromatic carbocycles. The number of anilines is 1. The zero-order valence-corrected chi connectivity index (χ0v) is 10.1. The fourth-order valence-corrected chi connectivity index (χ4v) is 2.45. The summed E-state index contributed by atoms with van der Waals surface area (Å²) in [5.41, 5.74) is 2.18. The van der Waals surface area contributed by atoms with Gasteiger partial charge in [0.2, 0.25) is 5.91 Å². The van der Waals surface area contributed by atoms with Crippen LogP contribution in [0.4, 0.5) is 5.69 Å². The van der Waals surface area contributed by atoms with Gasteiger partial charge in [0.15, 0.2) is 0 Å². The van der Waals surface area contributed by atoms with Gasteiger partial charge in [0.1, 0.15) is 5.75 Å². The van der Waals surface area contributed by atoms with Gasteiger partial charge in [-0.15, -0.1) is 0 Å². The van der Waals surface area contributed by atoms with Gasteiger partial charge in [0.05, 0.1) is 5.92 Å². The largest absolute Gasteiger partial charge is 0.508 e. The van der Waals surface area contributed by atoms with Crippen molar-refractivity contribution in [2.24, 2.45) is 0 Å². The third kappa shape index (κ3) is 1.64. The Morgan fingerprint density at radius 2 is 1.89 bits per heavy atom. The van der Waals surface area contributed by atoms with E-state index in [1.165, 1.54) is 6.07 Å². The van der Waals surface area contributed by atoms with E-state index in [9.17, 15) is 9.90 Å². The zero-order chi connectivity index (χ0) is 12.7. The van der Waals surface area contributed by atoms with E-state index in [-0.39, 0.29) is 11.7 Å². The molecule has 1 aliphatic rings. The average Bonchev–Trinajstić information content (AvgIpc) is 2.68. The van der Waals surface area contributed by atoms with Crippen LogP contribution >= 0.6 is 11.6 Å². The summed E-state index contributed by atoms with van der Waals surface area (Å²) in [6.45, 7) is 0. The van der Waals surface area contributed by atoms with Gasteiger partial charge >= 0.3 is 0 Å². The number of carbonyl (C=O) groups excluding carboxylic acids is 1. The quantitative estimate of drug-likeness (QED) is 0.827. The number of para-hydroxylation sites is 1. The Hall–Kier alpha value is -2.00. The van der Waals surface area contributed by atoms with Gasteiger partial charge in [-0.3, -0.25) is 4.79 Å². The number of hydrogen-bond acceptors (Lipinski definition) is 2. The van der Waals surface area contributed by atoms with E-state index in [1.54, 1.807) is 12.1 Å². The molecule has 1 atom stereocenters. The molecule has 1 heterocycles. The van der Waals surface area contributed by atoms with Gasteiger partial charge < -0.3 is 10.4 Å². The standard InChI is InChI=1S/C14H10ClNO2/c15-8-5-6-12(17)10(7-8)13-9-3-1-2-4-11(9)16-14(13)18/h1-7,13,17H,(H,16,18). The van der Waals surface area contributed by atoms with Crippen LogP contribution in [0.3, 0.4) is 0 Å². The number of phenolic OH excluding ortho intramolecular Hbond substituents is 1. The second kappa shape index (κ2) is 4.03. The molecule has 2 aromatic rings. The lowest BCUT2D eigenvalue weighted by atomic mass is 9.92. The maximum atomic E-state index is 12.0. The Morgan fingerprint density at radius 3 is 2.72 bits per heavy atom. The molecule has 0 spiro atoms. The molecule has 0 aromatic heterocycles. The number of halogens is 1. The van der Waals surface area contributed by atoms with Gasteiger partial charge in [-0.1, -0.05) is 29.8 Å². The highest BCUT2D eigenvalue weighted by atomic mass is 35.5. The van der Waals surface area contributed by atoms with E-state index in [2.05, 4.69) is 5.32 Å². The summed E-state index contributed by atoms with van der Waals surface area (Å²) in [6.07, 6.45) is 0. The normalized spacial score (nSPS) is 17.4. The van der Waals surface area contributed by atoms with Crippen molar-refractivity contribution >= 4 is 23.2 Å². The summed E-state index contributed by atoms with van der Waals surface area (Å²) in [6, 6.07) is 12.2. The summed E-state index contributed by atoms with van der Waals surface area (Å²) >= 11 is 5.93. The van der Waals surface area contributed by atoms with E-state index in [4.69, 9.17) is 11.6 Å². The number of phenols is 1. The molecule has 3 rings (SSSR count). The summed E-state index contributed by atoms with van der Waals surface area (Å²) in [7, 11) is 0. The van der Waals surface area contributed by atoms with Gasteiger partial charge in [-0.05, 0) is 29.8 Å². The summed E-state index contributed by atoms with van der Waals surface area (Å²) in [4.78, 5) is 12.0. The van der Waals surface area contributed by atoms with Gasteiger partial charge in [-0.25, -0.2) is 0 Å². The van der Waals surface area contributed by atoms with Crippen molar-refractivity contribution < 1.29 is 9.90 Å². The lowest BCUT2D eigenvalue weighted by Crippen LogP contribution is -2.13. The topological polar surface area (TPSA) is 49.3 Å². The monoisotopic (exact) mass is 259 g/mol. The van der Waals surface area contributed by atoms with Crippen molar-refractivity contribution in [3.8, 4) is 5.75 Å². The van der Waals surface area contributed by atoms with Crippen molar-refractivity contribution in [1.82, 2.24) is 0 Å². The van der Waals surface area contributed by atoms with Crippen LogP contribution in [0.1, 0.15) is 17.0 Å². The molecule has 0 bridgehead atoms. The van der Waals surface area contributed by atoms with Crippen LogP contribution in [0.2, 0.25) is 5.02 Å². The number of rotatable bonds is 1. The van der Waals surface area contributed by atoms with Crippen LogP contribution in [-0.2, 0) is 4.79 Å². The van der Waals surface area contributed by atoms with Crippen molar-refractivity contribution in [2.45, 2.75) is 5.92 Å².